The lowest BCUT2D eigenvalue weighted by atomic mass is 9.79. The van der Waals surface area contributed by atoms with Crippen molar-refractivity contribution < 1.29 is 18.7 Å². The lowest BCUT2D eigenvalue weighted by Crippen LogP contribution is -2.26. The van der Waals surface area contributed by atoms with Gasteiger partial charge < -0.3 is 13.9 Å². The van der Waals surface area contributed by atoms with Gasteiger partial charge >= 0.3 is 5.97 Å². The Hall–Kier alpha value is -2.49. The zero-order chi connectivity index (χ0) is 18.0. The van der Waals surface area contributed by atoms with Gasteiger partial charge in [0.15, 0.2) is 0 Å². The third kappa shape index (κ3) is 3.95. The number of benzene rings is 1. The molecule has 0 aliphatic carbocycles. The highest BCUT2D eigenvalue weighted by molar-refractivity contribution is 5.79. The molecule has 0 spiro atoms. The van der Waals surface area contributed by atoms with Crippen LogP contribution in [0.5, 0.6) is 5.75 Å². The molecule has 1 aromatic carbocycles. The molecule has 0 atom stereocenters. The van der Waals surface area contributed by atoms with E-state index in [1.54, 1.807) is 0 Å². The van der Waals surface area contributed by atoms with Gasteiger partial charge in [0, 0.05) is 12.5 Å². The fourth-order valence-electron chi connectivity index (χ4n) is 3.00. The van der Waals surface area contributed by atoms with Crippen LogP contribution in [0.3, 0.4) is 0 Å². The molecule has 0 N–H and O–H groups in total. The van der Waals surface area contributed by atoms with Crippen LogP contribution in [-0.2, 0) is 21.6 Å². The molecular formula is C21H24O4. The van der Waals surface area contributed by atoms with E-state index in [1.165, 1.54) is 12.5 Å². The molecule has 0 bridgehead atoms. The quantitative estimate of drug-likeness (QED) is 0.738. The lowest BCUT2D eigenvalue weighted by molar-refractivity contribution is -0.142. The third-order valence-electron chi connectivity index (χ3n) is 4.61. The zero-order valence-electron chi connectivity index (χ0n) is 15.2. The van der Waals surface area contributed by atoms with Crippen molar-refractivity contribution in [2.45, 2.75) is 46.1 Å². The Kier molecular flexibility index (Phi) is 4.71. The van der Waals surface area contributed by atoms with Crippen molar-refractivity contribution in [2.75, 3.05) is 6.61 Å². The fourth-order valence-corrected chi connectivity index (χ4v) is 3.00. The number of carbonyl (C=O) groups is 1. The molecule has 0 radical (unpaired) electrons. The topological polar surface area (TPSA) is 48.7 Å². The van der Waals surface area contributed by atoms with Gasteiger partial charge in [-0.25, -0.2) is 0 Å². The molecule has 1 aliphatic rings. The average molecular weight is 340 g/mol. The highest BCUT2D eigenvalue weighted by atomic mass is 16.5. The van der Waals surface area contributed by atoms with Crippen LogP contribution in [0.15, 0.2) is 34.7 Å². The number of fused-ring (bicyclic) bond motifs is 1. The summed E-state index contributed by atoms with van der Waals surface area (Å²) in [6.07, 6.45) is 3.01. The molecule has 2 aromatic rings. The summed E-state index contributed by atoms with van der Waals surface area (Å²) >= 11 is 0. The van der Waals surface area contributed by atoms with Crippen molar-refractivity contribution in [3.8, 4) is 5.75 Å². The van der Waals surface area contributed by atoms with E-state index >= 15 is 0 Å². The van der Waals surface area contributed by atoms with Crippen LogP contribution >= 0.6 is 0 Å². The maximum absolute atomic E-state index is 10.9. The summed E-state index contributed by atoms with van der Waals surface area (Å²) in [6.45, 7) is 8.89. The van der Waals surface area contributed by atoms with Crippen LogP contribution in [-0.4, -0.2) is 12.6 Å². The van der Waals surface area contributed by atoms with Crippen LogP contribution in [0, 0.1) is 0 Å². The first-order chi connectivity index (χ1) is 11.8. The summed E-state index contributed by atoms with van der Waals surface area (Å²) in [5.41, 5.74) is 3.62. The molecule has 0 unspecified atom stereocenters. The van der Waals surface area contributed by atoms with Gasteiger partial charge in [-0.2, -0.15) is 0 Å². The lowest BCUT2D eigenvalue weighted by Gasteiger charge is -2.32. The fraction of sp³-hybridized carbons (Fsp3) is 0.381. The maximum Gasteiger partial charge on any atom is 0.303 e. The van der Waals surface area contributed by atoms with Crippen LogP contribution < -0.4 is 4.74 Å². The Morgan fingerprint density at radius 1 is 1.24 bits per heavy atom. The van der Waals surface area contributed by atoms with Gasteiger partial charge in [0.25, 0.3) is 0 Å². The van der Waals surface area contributed by atoms with Crippen molar-refractivity contribution in [3.63, 3.8) is 0 Å². The zero-order valence-corrected chi connectivity index (χ0v) is 15.2. The maximum atomic E-state index is 10.9. The van der Waals surface area contributed by atoms with Crippen molar-refractivity contribution in [3.05, 3.63) is 53.0 Å². The predicted octanol–water partition coefficient (Wildman–Crippen LogP) is 4.96. The van der Waals surface area contributed by atoms with E-state index in [4.69, 9.17) is 13.9 Å². The van der Waals surface area contributed by atoms with Gasteiger partial charge in [-0.15, -0.1) is 0 Å². The number of hydrogen-bond donors (Lipinski definition) is 0. The first-order valence-corrected chi connectivity index (χ1v) is 8.53. The molecule has 3 rings (SSSR count). The molecule has 0 saturated carbocycles. The molecule has 4 heteroatoms. The van der Waals surface area contributed by atoms with Crippen LogP contribution in [0.1, 0.15) is 56.8 Å². The standard InChI is InChI=1S/C21H24O4/c1-14(11-17-6-7-18(25-17)13-24-15(2)22)16-5-8-20-19(12-16)21(3,4)9-10-23-20/h5-8,11-12H,9-10,13H2,1-4H3/b14-11-. The second-order valence-electron chi connectivity index (χ2n) is 7.10. The molecule has 0 saturated heterocycles. The average Bonchev–Trinajstić information content (AvgIpc) is 3.00. The van der Waals surface area contributed by atoms with Crippen LogP contribution in [0.25, 0.3) is 11.6 Å². The minimum absolute atomic E-state index is 0.117. The van der Waals surface area contributed by atoms with Gasteiger partial charge in [0.1, 0.15) is 23.9 Å². The van der Waals surface area contributed by atoms with E-state index in [9.17, 15) is 4.79 Å². The van der Waals surface area contributed by atoms with E-state index in [-0.39, 0.29) is 18.0 Å². The molecule has 1 aromatic heterocycles. The smallest absolute Gasteiger partial charge is 0.303 e. The normalized spacial score (nSPS) is 16.1. The molecule has 25 heavy (non-hydrogen) atoms. The number of furan rings is 1. The number of hydrogen-bond acceptors (Lipinski definition) is 4. The van der Waals surface area contributed by atoms with Crippen molar-refractivity contribution in [1.82, 2.24) is 0 Å². The minimum Gasteiger partial charge on any atom is -0.493 e. The summed E-state index contributed by atoms with van der Waals surface area (Å²) in [5, 5.41) is 0. The van der Waals surface area contributed by atoms with Gasteiger partial charge in [-0.3, -0.25) is 4.79 Å². The van der Waals surface area contributed by atoms with Crippen molar-refractivity contribution in [2.24, 2.45) is 0 Å². The number of allylic oxidation sites excluding steroid dienone is 1. The van der Waals surface area contributed by atoms with E-state index in [0.717, 1.165) is 35.7 Å². The number of esters is 1. The first kappa shape index (κ1) is 17.3. The number of ether oxygens (including phenoxy) is 2. The second kappa shape index (κ2) is 6.79. The summed E-state index contributed by atoms with van der Waals surface area (Å²) in [6, 6.07) is 10.1. The van der Waals surface area contributed by atoms with E-state index in [0.29, 0.717) is 5.76 Å². The predicted molar refractivity (Wildman–Crippen MR) is 97.3 cm³/mol. The van der Waals surface area contributed by atoms with E-state index in [1.807, 2.05) is 18.2 Å². The number of rotatable bonds is 4. The summed E-state index contributed by atoms with van der Waals surface area (Å²) in [7, 11) is 0. The molecular weight excluding hydrogens is 316 g/mol. The van der Waals surface area contributed by atoms with Gasteiger partial charge in [-0.05, 0) is 60.2 Å². The van der Waals surface area contributed by atoms with Gasteiger partial charge in [-0.1, -0.05) is 19.9 Å². The molecule has 132 valence electrons. The summed E-state index contributed by atoms with van der Waals surface area (Å²) in [4.78, 5) is 10.9. The SMILES string of the molecule is CC(=O)OCc1ccc(/C=C(/C)c2ccc3c(c2)C(C)(C)CCO3)o1. The Morgan fingerprint density at radius 2 is 2.04 bits per heavy atom. The summed E-state index contributed by atoms with van der Waals surface area (Å²) < 4.78 is 16.4. The van der Waals surface area contributed by atoms with Crippen LogP contribution in [0.2, 0.25) is 0 Å². The van der Waals surface area contributed by atoms with Crippen molar-refractivity contribution >= 4 is 17.6 Å². The Balaban J connectivity index is 1.82. The third-order valence-corrected chi connectivity index (χ3v) is 4.61. The summed E-state index contributed by atoms with van der Waals surface area (Å²) in [5.74, 6) is 2.04. The van der Waals surface area contributed by atoms with E-state index in [2.05, 4.69) is 39.0 Å². The molecule has 4 nitrogen and oxygen atoms in total. The Labute approximate surface area is 148 Å². The number of carbonyl (C=O) groups excluding carboxylic acids is 1. The molecule has 1 aliphatic heterocycles. The van der Waals surface area contributed by atoms with E-state index < -0.39 is 0 Å². The first-order valence-electron chi connectivity index (χ1n) is 8.53. The van der Waals surface area contributed by atoms with Gasteiger partial charge in [0.05, 0.1) is 6.61 Å². The Bertz CT molecular complexity index is 811. The highest BCUT2D eigenvalue weighted by Gasteiger charge is 2.28. The van der Waals surface area contributed by atoms with Gasteiger partial charge in [0.2, 0.25) is 0 Å². The second-order valence-corrected chi connectivity index (χ2v) is 7.10. The van der Waals surface area contributed by atoms with Crippen molar-refractivity contribution in [1.29, 1.82) is 0 Å². The Morgan fingerprint density at radius 3 is 2.80 bits per heavy atom. The minimum atomic E-state index is -0.316. The molecule has 0 fully saturated rings. The molecule has 2 heterocycles. The molecule has 0 amide bonds. The monoisotopic (exact) mass is 340 g/mol. The highest BCUT2D eigenvalue weighted by Crippen LogP contribution is 2.39. The van der Waals surface area contributed by atoms with Crippen LogP contribution in [0.4, 0.5) is 0 Å². The largest absolute Gasteiger partial charge is 0.493 e.